The van der Waals surface area contributed by atoms with E-state index in [-0.39, 0.29) is 12.0 Å². The van der Waals surface area contributed by atoms with Crippen molar-refractivity contribution in [2.75, 3.05) is 13.2 Å². The van der Waals surface area contributed by atoms with Gasteiger partial charge in [-0.15, -0.1) is 0 Å². The predicted molar refractivity (Wildman–Crippen MR) is 47.5 cm³/mol. The van der Waals surface area contributed by atoms with Crippen LogP contribution in [0.2, 0.25) is 0 Å². The molecule has 0 aliphatic carbocycles. The molecule has 13 heavy (non-hydrogen) atoms. The van der Waals surface area contributed by atoms with Crippen molar-refractivity contribution >= 4 is 11.9 Å². The number of hydrogen-bond acceptors (Lipinski definition) is 5. The maximum absolute atomic E-state index is 11.2. The summed E-state index contributed by atoms with van der Waals surface area (Å²) in [5.74, 6) is 0.0555. The van der Waals surface area contributed by atoms with E-state index in [1.165, 1.54) is 0 Å². The Morgan fingerprint density at radius 1 is 1.92 bits per heavy atom. The van der Waals surface area contributed by atoms with Crippen LogP contribution in [-0.4, -0.2) is 37.2 Å². The van der Waals surface area contributed by atoms with E-state index in [0.29, 0.717) is 19.0 Å². The van der Waals surface area contributed by atoms with Crippen LogP contribution in [0.25, 0.3) is 0 Å². The summed E-state index contributed by atoms with van der Waals surface area (Å²) in [5.41, 5.74) is 5.53. The zero-order valence-electron chi connectivity index (χ0n) is 7.82. The minimum absolute atomic E-state index is 0.264. The molecule has 0 saturated heterocycles. The van der Waals surface area contributed by atoms with Gasteiger partial charge in [0.1, 0.15) is 0 Å². The van der Waals surface area contributed by atoms with Gasteiger partial charge in [0.15, 0.2) is 0 Å². The van der Waals surface area contributed by atoms with Gasteiger partial charge in [0.2, 0.25) is 12.0 Å². The van der Waals surface area contributed by atoms with Crippen molar-refractivity contribution < 1.29 is 14.3 Å². The molecule has 0 bridgehead atoms. The highest BCUT2D eigenvalue weighted by Gasteiger charge is 2.29. The molecule has 5 nitrogen and oxygen atoms in total. The van der Waals surface area contributed by atoms with Crippen LogP contribution in [0.4, 0.5) is 0 Å². The van der Waals surface area contributed by atoms with Gasteiger partial charge in [-0.25, -0.2) is 9.79 Å². The molecule has 74 valence electrons. The lowest BCUT2D eigenvalue weighted by Crippen LogP contribution is -2.32. The maximum Gasteiger partial charge on any atom is 0.349 e. The zero-order chi connectivity index (χ0) is 9.84. The number of rotatable bonds is 3. The molecule has 0 aromatic heterocycles. The summed E-state index contributed by atoms with van der Waals surface area (Å²) in [4.78, 5) is 15.1. The van der Waals surface area contributed by atoms with Crippen LogP contribution in [0.3, 0.4) is 0 Å². The van der Waals surface area contributed by atoms with Crippen LogP contribution in [-0.2, 0) is 14.3 Å². The van der Waals surface area contributed by atoms with Crippen molar-refractivity contribution in [2.24, 2.45) is 10.7 Å². The van der Waals surface area contributed by atoms with Crippen LogP contribution >= 0.6 is 0 Å². The first kappa shape index (κ1) is 9.98. The standard InChI is InChI=1S/C8H14N2O3/c1-3-12-8(11)6-4-10-7(13-6)5(2)9/h5-6H,3-4,9H2,1-2H3/t5-,6?/m0/s1. The highest BCUT2D eigenvalue weighted by molar-refractivity contribution is 5.87. The number of aliphatic imine (C=N–C) groups is 1. The second-order valence-electron chi connectivity index (χ2n) is 2.83. The molecular weight excluding hydrogens is 172 g/mol. The Bertz CT molecular complexity index is 225. The topological polar surface area (TPSA) is 73.9 Å². The average molecular weight is 186 g/mol. The molecule has 2 N–H and O–H groups in total. The molecular formula is C8H14N2O3. The number of carbonyl (C=O) groups excluding carboxylic acids is 1. The van der Waals surface area contributed by atoms with Crippen LogP contribution in [0.15, 0.2) is 4.99 Å². The van der Waals surface area contributed by atoms with Gasteiger partial charge in [0.05, 0.1) is 19.2 Å². The van der Waals surface area contributed by atoms with E-state index in [1.54, 1.807) is 13.8 Å². The van der Waals surface area contributed by atoms with Crippen molar-refractivity contribution in [3.05, 3.63) is 0 Å². The molecule has 0 fully saturated rings. The molecule has 2 atom stereocenters. The summed E-state index contributed by atoms with van der Waals surface area (Å²) in [5, 5.41) is 0. The zero-order valence-corrected chi connectivity index (χ0v) is 7.82. The summed E-state index contributed by atoms with van der Waals surface area (Å²) in [6.07, 6.45) is -0.596. The molecule has 0 aromatic carbocycles. The molecule has 1 rings (SSSR count). The fourth-order valence-electron chi connectivity index (χ4n) is 1.00. The quantitative estimate of drug-likeness (QED) is 0.614. The van der Waals surface area contributed by atoms with Crippen molar-refractivity contribution in [3.8, 4) is 0 Å². The molecule has 5 heteroatoms. The highest BCUT2D eigenvalue weighted by Crippen LogP contribution is 2.08. The van der Waals surface area contributed by atoms with E-state index in [2.05, 4.69) is 4.99 Å². The van der Waals surface area contributed by atoms with E-state index >= 15 is 0 Å². The monoisotopic (exact) mass is 186 g/mol. The summed E-state index contributed by atoms with van der Waals surface area (Å²) in [6.45, 7) is 4.18. The van der Waals surface area contributed by atoms with Crippen molar-refractivity contribution in [2.45, 2.75) is 26.0 Å². The number of hydrogen-bond donors (Lipinski definition) is 1. The van der Waals surface area contributed by atoms with E-state index in [1.807, 2.05) is 0 Å². The third-order valence-electron chi connectivity index (χ3n) is 1.61. The van der Waals surface area contributed by atoms with Gasteiger partial charge in [0, 0.05) is 0 Å². The Balaban J connectivity index is 2.41. The minimum Gasteiger partial charge on any atom is -0.463 e. The Hall–Kier alpha value is -1.10. The fraction of sp³-hybridized carbons (Fsp3) is 0.750. The van der Waals surface area contributed by atoms with Gasteiger partial charge in [-0.3, -0.25) is 0 Å². The number of carbonyl (C=O) groups is 1. The Morgan fingerprint density at radius 3 is 3.08 bits per heavy atom. The Kier molecular flexibility index (Phi) is 3.25. The molecule has 0 saturated carbocycles. The Labute approximate surface area is 76.9 Å². The predicted octanol–water partition coefficient (Wildman–Crippen LogP) is -0.306. The lowest BCUT2D eigenvalue weighted by atomic mass is 10.4. The minimum atomic E-state index is -0.596. The first-order chi connectivity index (χ1) is 6.15. The summed E-state index contributed by atoms with van der Waals surface area (Å²) in [6, 6.07) is -0.264. The molecule has 0 spiro atoms. The van der Waals surface area contributed by atoms with Gasteiger partial charge in [-0.05, 0) is 13.8 Å². The van der Waals surface area contributed by atoms with Gasteiger partial charge in [-0.1, -0.05) is 0 Å². The van der Waals surface area contributed by atoms with Crippen LogP contribution in [0.1, 0.15) is 13.8 Å². The maximum atomic E-state index is 11.2. The SMILES string of the molecule is CCOC(=O)C1CN=C([C@H](C)N)O1. The number of esters is 1. The van der Waals surface area contributed by atoms with Gasteiger partial charge >= 0.3 is 5.97 Å². The number of nitrogens with two attached hydrogens (primary N) is 1. The van der Waals surface area contributed by atoms with E-state index < -0.39 is 6.10 Å². The van der Waals surface area contributed by atoms with Crippen LogP contribution < -0.4 is 5.73 Å². The molecule has 0 amide bonds. The normalized spacial score (nSPS) is 23.3. The summed E-state index contributed by atoms with van der Waals surface area (Å²) < 4.78 is 9.96. The first-order valence-electron chi connectivity index (χ1n) is 4.28. The van der Waals surface area contributed by atoms with E-state index in [4.69, 9.17) is 15.2 Å². The van der Waals surface area contributed by atoms with Gasteiger partial charge in [-0.2, -0.15) is 0 Å². The van der Waals surface area contributed by atoms with E-state index in [9.17, 15) is 4.79 Å². The van der Waals surface area contributed by atoms with Crippen LogP contribution in [0.5, 0.6) is 0 Å². The molecule has 0 radical (unpaired) electrons. The lowest BCUT2D eigenvalue weighted by Gasteiger charge is -2.11. The third-order valence-corrected chi connectivity index (χ3v) is 1.61. The van der Waals surface area contributed by atoms with Gasteiger partial charge in [0.25, 0.3) is 0 Å². The highest BCUT2D eigenvalue weighted by atomic mass is 16.6. The molecule has 1 heterocycles. The Morgan fingerprint density at radius 2 is 2.62 bits per heavy atom. The lowest BCUT2D eigenvalue weighted by molar-refractivity contribution is -0.150. The van der Waals surface area contributed by atoms with Crippen molar-refractivity contribution in [1.29, 1.82) is 0 Å². The summed E-state index contributed by atoms with van der Waals surface area (Å²) in [7, 11) is 0. The third kappa shape index (κ3) is 2.42. The van der Waals surface area contributed by atoms with Crippen LogP contribution in [0, 0.1) is 0 Å². The molecule has 0 aromatic rings. The average Bonchev–Trinajstić information content (AvgIpc) is 2.52. The molecule has 1 aliphatic heterocycles. The molecule has 1 unspecified atom stereocenters. The molecule has 1 aliphatic rings. The smallest absolute Gasteiger partial charge is 0.349 e. The number of ether oxygens (including phenoxy) is 2. The first-order valence-corrected chi connectivity index (χ1v) is 4.28. The van der Waals surface area contributed by atoms with Crippen molar-refractivity contribution in [3.63, 3.8) is 0 Å². The van der Waals surface area contributed by atoms with Gasteiger partial charge < -0.3 is 15.2 Å². The second kappa shape index (κ2) is 4.23. The number of nitrogens with zero attached hydrogens (tertiary/aromatic N) is 1. The largest absolute Gasteiger partial charge is 0.463 e. The van der Waals surface area contributed by atoms with Crippen molar-refractivity contribution in [1.82, 2.24) is 0 Å². The van der Waals surface area contributed by atoms with E-state index in [0.717, 1.165) is 0 Å². The fourth-order valence-corrected chi connectivity index (χ4v) is 1.00. The summed E-state index contributed by atoms with van der Waals surface area (Å²) >= 11 is 0. The second-order valence-corrected chi connectivity index (χ2v) is 2.83.